The van der Waals surface area contributed by atoms with E-state index in [0.29, 0.717) is 16.8 Å². The molecule has 0 aliphatic heterocycles. The number of anilines is 2. The Morgan fingerprint density at radius 3 is 3.00 bits per heavy atom. The monoisotopic (exact) mass is 232 g/mol. The molecule has 0 amide bonds. The number of halogens is 1. The molecule has 14 heavy (non-hydrogen) atoms. The Labute approximate surface area is 92.9 Å². The van der Waals surface area contributed by atoms with Crippen LogP contribution in [0.3, 0.4) is 0 Å². The summed E-state index contributed by atoms with van der Waals surface area (Å²) in [6.07, 6.45) is 3.64. The Bertz CT molecular complexity index is 295. The number of rotatable bonds is 5. The van der Waals surface area contributed by atoms with Crippen molar-refractivity contribution in [3.63, 3.8) is 0 Å². The van der Waals surface area contributed by atoms with Crippen molar-refractivity contribution in [3.8, 4) is 0 Å². The van der Waals surface area contributed by atoms with E-state index in [-0.39, 0.29) is 0 Å². The SMILES string of the molecule is CNc1ncc(Cl)c(NCCSC)n1. The Morgan fingerprint density at radius 1 is 1.57 bits per heavy atom. The number of hydrogen-bond acceptors (Lipinski definition) is 5. The maximum atomic E-state index is 5.91. The second kappa shape index (κ2) is 5.93. The van der Waals surface area contributed by atoms with E-state index in [1.807, 2.05) is 0 Å². The van der Waals surface area contributed by atoms with E-state index in [9.17, 15) is 0 Å². The average molecular weight is 233 g/mol. The van der Waals surface area contributed by atoms with Crippen LogP contribution in [0.25, 0.3) is 0 Å². The van der Waals surface area contributed by atoms with Gasteiger partial charge in [-0.1, -0.05) is 11.6 Å². The summed E-state index contributed by atoms with van der Waals surface area (Å²) in [6.45, 7) is 0.848. The van der Waals surface area contributed by atoms with E-state index in [0.717, 1.165) is 12.3 Å². The second-order valence-electron chi connectivity index (χ2n) is 2.56. The van der Waals surface area contributed by atoms with Gasteiger partial charge in [-0.15, -0.1) is 0 Å². The highest BCUT2D eigenvalue weighted by atomic mass is 35.5. The Hall–Kier alpha value is -0.680. The Kier molecular flexibility index (Phi) is 4.82. The van der Waals surface area contributed by atoms with Crippen LogP contribution in [0.4, 0.5) is 11.8 Å². The van der Waals surface area contributed by atoms with Gasteiger partial charge in [-0.05, 0) is 6.26 Å². The van der Waals surface area contributed by atoms with E-state index >= 15 is 0 Å². The van der Waals surface area contributed by atoms with Gasteiger partial charge < -0.3 is 10.6 Å². The minimum Gasteiger partial charge on any atom is -0.368 e. The fraction of sp³-hybridized carbons (Fsp3) is 0.500. The molecule has 6 heteroatoms. The van der Waals surface area contributed by atoms with Crippen molar-refractivity contribution < 1.29 is 0 Å². The third-order valence-electron chi connectivity index (χ3n) is 1.57. The topological polar surface area (TPSA) is 49.8 Å². The van der Waals surface area contributed by atoms with E-state index in [4.69, 9.17) is 11.6 Å². The number of thioether (sulfide) groups is 1. The highest BCUT2D eigenvalue weighted by Crippen LogP contribution is 2.18. The molecular formula is C8H13ClN4S. The molecule has 0 aliphatic carbocycles. The van der Waals surface area contributed by atoms with Gasteiger partial charge in [-0.3, -0.25) is 0 Å². The normalized spacial score (nSPS) is 9.93. The largest absolute Gasteiger partial charge is 0.368 e. The maximum absolute atomic E-state index is 5.91. The van der Waals surface area contributed by atoms with Crippen LogP contribution in [0.15, 0.2) is 6.20 Å². The fourth-order valence-corrected chi connectivity index (χ4v) is 1.35. The van der Waals surface area contributed by atoms with Crippen molar-refractivity contribution in [2.45, 2.75) is 0 Å². The summed E-state index contributed by atoms with van der Waals surface area (Å²) in [5, 5.41) is 6.55. The molecule has 1 aromatic heterocycles. The van der Waals surface area contributed by atoms with Gasteiger partial charge in [-0.25, -0.2) is 4.98 Å². The molecule has 1 rings (SSSR count). The molecule has 0 bridgehead atoms. The summed E-state index contributed by atoms with van der Waals surface area (Å²) >= 11 is 7.68. The predicted octanol–water partition coefficient (Wildman–Crippen LogP) is 1.95. The molecule has 0 atom stereocenters. The summed E-state index contributed by atoms with van der Waals surface area (Å²) in [6, 6.07) is 0. The van der Waals surface area contributed by atoms with Gasteiger partial charge in [0.1, 0.15) is 5.02 Å². The highest BCUT2D eigenvalue weighted by molar-refractivity contribution is 7.98. The first-order valence-corrected chi connectivity index (χ1v) is 5.98. The summed E-state index contributed by atoms with van der Waals surface area (Å²) in [4.78, 5) is 8.17. The minimum atomic E-state index is 0.546. The summed E-state index contributed by atoms with van der Waals surface area (Å²) in [7, 11) is 1.77. The van der Waals surface area contributed by atoms with Gasteiger partial charge in [0.15, 0.2) is 5.82 Å². The van der Waals surface area contributed by atoms with Crippen molar-refractivity contribution >= 4 is 35.1 Å². The van der Waals surface area contributed by atoms with E-state index in [2.05, 4.69) is 26.9 Å². The van der Waals surface area contributed by atoms with Crippen molar-refractivity contribution in [2.75, 3.05) is 36.2 Å². The molecular weight excluding hydrogens is 220 g/mol. The zero-order valence-corrected chi connectivity index (χ0v) is 9.74. The lowest BCUT2D eigenvalue weighted by atomic mass is 10.5. The van der Waals surface area contributed by atoms with Crippen LogP contribution in [0.5, 0.6) is 0 Å². The van der Waals surface area contributed by atoms with Crippen LogP contribution in [-0.2, 0) is 0 Å². The van der Waals surface area contributed by atoms with Crippen molar-refractivity contribution in [2.24, 2.45) is 0 Å². The first-order chi connectivity index (χ1) is 6.77. The van der Waals surface area contributed by atoms with Gasteiger partial charge in [0.05, 0.1) is 6.20 Å². The third kappa shape index (κ3) is 3.23. The standard InChI is InChI=1S/C8H13ClN4S/c1-10-8-12-5-6(9)7(13-8)11-3-4-14-2/h5H,3-4H2,1-2H3,(H2,10,11,12,13). The maximum Gasteiger partial charge on any atom is 0.224 e. The molecule has 0 spiro atoms. The first kappa shape index (κ1) is 11.4. The van der Waals surface area contributed by atoms with Gasteiger partial charge in [-0.2, -0.15) is 16.7 Å². The third-order valence-corrected chi connectivity index (χ3v) is 2.46. The first-order valence-electron chi connectivity index (χ1n) is 4.21. The summed E-state index contributed by atoms with van der Waals surface area (Å²) in [5.74, 6) is 2.27. The predicted molar refractivity (Wildman–Crippen MR) is 63.5 cm³/mol. The van der Waals surface area contributed by atoms with E-state index in [1.54, 1.807) is 25.0 Å². The molecule has 0 unspecified atom stereocenters. The van der Waals surface area contributed by atoms with E-state index < -0.39 is 0 Å². The minimum absolute atomic E-state index is 0.546. The zero-order chi connectivity index (χ0) is 10.4. The number of nitrogens with zero attached hydrogens (tertiary/aromatic N) is 2. The Balaban J connectivity index is 2.64. The number of hydrogen-bond donors (Lipinski definition) is 2. The van der Waals surface area contributed by atoms with Crippen molar-refractivity contribution in [1.29, 1.82) is 0 Å². The van der Waals surface area contributed by atoms with Crippen LogP contribution in [0.1, 0.15) is 0 Å². The van der Waals surface area contributed by atoms with Crippen molar-refractivity contribution in [1.82, 2.24) is 9.97 Å². The molecule has 1 aromatic rings. The lowest BCUT2D eigenvalue weighted by molar-refractivity contribution is 1.11. The molecule has 0 saturated carbocycles. The summed E-state index contributed by atoms with van der Waals surface area (Å²) < 4.78 is 0. The zero-order valence-electron chi connectivity index (χ0n) is 8.17. The quantitative estimate of drug-likeness (QED) is 0.760. The summed E-state index contributed by atoms with van der Waals surface area (Å²) in [5.41, 5.74) is 0. The molecule has 0 saturated heterocycles. The van der Waals surface area contributed by atoms with E-state index in [1.165, 1.54) is 0 Å². The van der Waals surface area contributed by atoms with Crippen LogP contribution < -0.4 is 10.6 Å². The van der Waals surface area contributed by atoms with Crippen molar-refractivity contribution in [3.05, 3.63) is 11.2 Å². The average Bonchev–Trinajstić information content (AvgIpc) is 2.21. The molecule has 4 nitrogen and oxygen atoms in total. The Morgan fingerprint density at radius 2 is 2.36 bits per heavy atom. The molecule has 2 N–H and O–H groups in total. The molecule has 78 valence electrons. The molecule has 0 radical (unpaired) electrons. The van der Waals surface area contributed by atoms with Crippen LogP contribution in [0.2, 0.25) is 5.02 Å². The highest BCUT2D eigenvalue weighted by Gasteiger charge is 2.02. The van der Waals surface area contributed by atoms with Crippen LogP contribution in [0, 0.1) is 0 Å². The lowest BCUT2D eigenvalue weighted by Gasteiger charge is -2.07. The van der Waals surface area contributed by atoms with Gasteiger partial charge in [0, 0.05) is 19.3 Å². The van der Waals surface area contributed by atoms with Gasteiger partial charge in [0.2, 0.25) is 5.95 Å². The lowest BCUT2D eigenvalue weighted by Crippen LogP contribution is -2.07. The van der Waals surface area contributed by atoms with Crippen LogP contribution in [-0.4, -0.2) is 35.6 Å². The number of nitrogens with one attached hydrogen (secondary N) is 2. The second-order valence-corrected chi connectivity index (χ2v) is 3.95. The van der Waals surface area contributed by atoms with Gasteiger partial charge in [0.25, 0.3) is 0 Å². The smallest absolute Gasteiger partial charge is 0.224 e. The molecule has 0 aliphatic rings. The molecule has 1 heterocycles. The molecule has 0 fully saturated rings. The molecule has 0 aromatic carbocycles. The number of aromatic nitrogens is 2. The van der Waals surface area contributed by atoms with Gasteiger partial charge >= 0.3 is 0 Å². The fourth-order valence-electron chi connectivity index (χ4n) is 0.883. The van der Waals surface area contributed by atoms with Crippen LogP contribution >= 0.6 is 23.4 Å².